The van der Waals surface area contributed by atoms with Gasteiger partial charge in [-0.15, -0.1) is 0 Å². The predicted octanol–water partition coefficient (Wildman–Crippen LogP) is 5.25. The lowest BCUT2D eigenvalue weighted by atomic mass is 9.97. The molecule has 7 nitrogen and oxygen atoms in total. The molecular weight excluding hydrogens is 508 g/mol. The molecule has 2 aromatic carbocycles. The number of halogens is 1. The van der Waals surface area contributed by atoms with E-state index in [2.05, 4.69) is 48.4 Å². The van der Waals surface area contributed by atoms with E-state index in [4.69, 9.17) is 9.26 Å². The number of benzene rings is 2. The molecule has 0 spiro atoms. The summed E-state index contributed by atoms with van der Waals surface area (Å²) in [6.07, 6.45) is 3.85. The van der Waals surface area contributed by atoms with Crippen LogP contribution in [0.2, 0.25) is 0 Å². The molecule has 1 atom stereocenters. The molecular formula is C27H33BrN4O3. The third kappa shape index (κ3) is 7.64. The van der Waals surface area contributed by atoms with Crippen LogP contribution in [0.5, 0.6) is 5.75 Å². The summed E-state index contributed by atoms with van der Waals surface area (Å²) in [6.45, 7) is 6.90. The summed E-state index contributed by atoms with van der Waals surface area (Å²) >= 11 is 3.47. The zero-order valence-electron chi connectivity index (χ0n) is 20.4. The highest BCUT2D eigenvalue weighted by atomic mass is 79.9. The van der Waals surface area contributed by atoms with E-state index in [1.165, 1.54) is 5.56 Å². The first-order chi connectivity index (χ1) is 17.0. The summed E-state index contributed by atoms with van der Waals surface area (Å²) in [5.41, 5.74) is 2.13. The van der Waals surface area contributed by atoms with Crippen LogP contribution in [-0.4, -0.2) is 46.7 Å². The smallest absolute Gasteiger partial charge is 0.241 e. The van der Waals surface area contributed by atoms with Crippen LogP contribution in [0.4, 0.5) is 0 Å². The number of amides is 1. The van der Waals surface area contributed by atoms with Crippen LogP contribution in [0.15, 0.2) is 57.5 Å². The first-order valence-corrected chi connectivity index (χ1v) is 13.1. The quantitative estimate of drug-likeness (QED) is 0.354. The van der Waals surface area contributed by atoms with Crippen molar-refractivity contribution in [1.82, 2.24) is 20.4 Å². The van der Waals surface area contributed by atoms with Crippen LogP contribution in [0.1, 0.15) is 44.6 Å². The molecule has 0 radical (unpaired) electrons. The number of ether oxygens (including phenoxy) is 1. The molecule has 4 rings (SSSR count). The van der Waals surface area contributed by atoms with Gasteiger partial charge in [-0.1, -0.05) is 45.4 Å². The highest BCUT2D eigenvalue weighted by Gasteiger charge is 2.26. The molecule has 0 saturated carbocycles. The van der Waals surface area contributed by atoms with Crippen molar-refractivity contribution in [2.24, 2.45) is 5.92 Å². The highest BCUT2D eigenvalue weighted by molar-refractivity contribution is 9.10. The average Bonchev–Trinajstić information content (AvgIpc) is 3.30. The minimum Gasteiger partial charge on any atom is -0.491 e. The first-order valence-electron chi connectivity index (χ1n) is 12.3. The summed E-state index contributed by atoms with van der Waals surface area (Å²) in [4.78, 5) is 19.6. The van der Waals surface area contributed by atoms with Gasteiger partial charge >= 0.3 is 0 Å². The molecule has 8 heteroatoms. The molecule has 1 saturated heterocycles. The number of nitrogens with zero attached hydrogens (tertiary/aromatic N) is 3. The standard InChI is InChI=1S/C27H33BrN4O3/c1-19(2)34-24-12-3-7-20(15-24)8-5-13-29-27(33)22-10-6-14-32(17-22)18-25-30-26(31-35-25)21-9-4-11-23(28)16-21/h3-4,7,9,11-12,15-16,19,22H,5-6,8,10,13-14,17-18H2,1-2H3,(H,29,33). The lowest BCUT2D eigenvalue weighted by Crippen LogP contribution is -2.43. The van der Waals surface area contributed by atoms with Gasteiger partial charge in [0.05, 0.1) is 18.6 Å². The van der Waals surface area contributed by atoms with Crippen molar-refractivity contribution in [2.75, 3.05) is 19.6 Å². The largest absolute Gasteiger partial charge is 0.491 e. The van der Waals surface area contributed by atoms with E-state index in [-0.39, 0.29) is 17.9 Å². The summed E-state index contributed by atoms with van der Waals surface area (Å²) in [6, 6.07) is 16.0. The van der Waals surface area contributed by atoms with Gasteiger partial charge in [0.2, 0.25) is 17.6 Å². The van der Waals surface area contributed by atoms with Crippen LogP contribution in [0.25, 0.3) is 11.4 Å². The molecule has 0 aliphatic carbocycles. The van der Waals surface area contributed by atoms with Gasteiger partial charge in [0, 0.05) is 23.1 Å². The Bertz CT molecular complexity index is 1120. The molecule has 2 heterocycles. The van der Waals surface area contributed by atoms with Gasteiger partial charge in [-0.05, 0) is 75.9 Å². The number of likely N-dealkylation sites (tertiary alicyclic amines) is 1. The number of piperidine rings is 1. The van der Waals surface area contributed by atoms with E-state index >= 15 is 0 Å². The molecule has 0 bridgehead atoms. The van der Waals surface area contributed by atoms with Crippen molar-refractivity contribution in [3.8, 4) is 17.1 Å². The number of hydrogen-bond donors (Lipinski definition) is 1. The maximum absolute atomic E-state index is 12.8. The van der Waals surface area contributed by atoms with E-state index < -0.39 is 0 Å². The Morgan fingerprint density at radius 2 is 2.11 bits per heavy atom. The summed E-state index contributed by atoms with van der Waals surface area (Å²) in [5.74, 6) is 2.17. The molecule has 1 amide bonds. The fourth-order valence-electron chi connectivity index (χ4n) is 4.36. The number of hydrogen-bond acceptors (Lipinski definition) is 6. The minimum atomic E-state index is -0.0148. The molecule has 3 aromatic rings. The Labute approximate surface area is 215 Å². The van der Waals surface area contributed by atoms with Gasteiger partial charge < -0.3 is 14.6 Å². The molecule has 1 fully saturated rings. The zero-order chi connectivity index (χ0) is 24.6. The van der Waals surface area contributed by atoms with Crippen LogP contribution in [0.3, 0.4) is 0 Å². The third-order valence-electron chi connectivity index (χ3n) is 6.00. The van der Waals surface area contributed by atoms with Gasteiger partial charge in [-0.3, -0.25) is 9.69 Å². The monoisotopic (exact) mass is 540 g/mol. The fraction of sp³-hybridized carbons (Fsp3) is 0.444. The molecule has 1 aromatic heterocycles. The van der Waals surface area contributed by atoms with E-state index in [9.17, 15) is 4.79 Å². The van der Waals surface area contributed by atoms with Gasteiger partial charge in [0.1, 0.15) is 5.75 Å². The van der Waals surface area contributed by atoms with Crippen molar-refractivity contribution in [3.63, 3.8) is 0 Å². The van der Waals surface area contributed by atoms with E-state index in [1.807, 2.05) is 50.2 Å². The summed E-state index contributed by atoms with van der Waals surface area (Å²) < 4.78 is 12.2. The second kappa shape index (κ2) is 12.3. The fourth-order valence-corrected chi connectivity index (χ4v) is 4.76. The molecule has 186 valence electrons. The SMILES string of the molecule is CC(C)Oc1cccc(CCCNC(=O)C2CCCN(Cc3nc(-c4cccc(Br)c4)no3)C2)c1. The van der Waals surface area contributed by atoms with E-state index in [0.29, 0.717) is 31.3 Å². The Morgan fingerprint density at radius 3 is 2.94 bits per heavy atom. The van der Waals surface area contributed by atoms with Crippen LogP contribution in [0, 0.1) is 5.92 Å². The van der Waals surface area contributed by atoms with Gasteiger partial charge in [-0.25, -0.2) is 0 Å². The third-order valence-corrected chi connectivity index (χ3v) is 6.49. The second-order valence-electron chi connectivity index (χ2n) is 9.30. The summed E-state index contributed by atoms with van der Waals surface area (Å²) in [5, 5.41) is 7.25. The Balaban J connectivity index is 1.21. The van der Waals surface area contributed by atoms with Crippen molar-refractivity contribution in [2.45, 2.75) is 52.2 Å². The second-order valence-corrected chi connectivity index (χ2v) is 10.2. The van der Waals surface area contributed by atoms with E-state index in [0.717, 1.165) is 48.0 Å². The zero-order valence-corrected chi connectivity index (χ0v) is 22.0. The first kappa shape index (κ1) is 25.4. The molecule has 35 heavy (non-hydrogen) atoms. The van der Waals surface area contributed by atoms with Gasteiger partial charge in [0.25, 0.3) is 0 Å². The Kier molecular flexibility index (Phi) is 8.93. The minimum absolute atomic E-state index is 0.0148. The van der Waals surface area contributed by atoms with Crippen molar-refractivity contribution in [1.29, 1.82) is 0 Å². The van der Waals surface area contributed by atoms with E-state index in [1.54, 1.807) is 0 Å². The average molecular weight is 541 g/mol. The maximum atomic E-state index is 12.8. The maximum Gasteiger partial charge on any atom is 0.241 e. The highest BCUT2D eigenvalue weighted by Crippen LogP contribution is 2.22. The molecule has 1 N–H and O–H groups in total. The van der Waals surface area contributed by atoms with Gasteiger partial charge in [0.15, 0.2) is 0 Å². The number of rotatable bonds is 10. The lowest BCUT2D eigenvalue weighted by Gasteiger charge is -2.30. The molecule has 1 aliphatic rings. The molecule has 1 aliphatic heterocycles. The summed E-state index contributed by atoms with van der Waals surface area (Å²) in [7, 11) is 0. The normalized spacial score (nSPS) is 16.4. The Morgan fingerprint density at radius 1 is 1.26 bits per heavy atom. The van der Waals surface area contributed by atoms with Crippen molar-refractivity contribution in [3.05, 3.63) is 64.5 Å². The molecule has 1 unspecified atom stereocenters. The van der Waals surface area contributed by atoms with Crippen LogP contribution >= 0.6 is 15.9 Å². The van der Waals surface area contributed by atoms with Gasteiger partial charge in [-0.2, -0.15) is 4.98 Å². The Hall–Kier alpha value is -2.71. The number of carbonyl (C=O) groups is 1. The lowest BCUT2D eigenvalue weighted by molar-refractivity contribution is -0.126. The number of nitrogens with one attached hydrogen (secondary N) is 1. The van der Waals surface area contributed by atoms with Crippen molar-refractivity contribution < 1.29 is 14.1 Å². The number of aryl methyl sites for hydroxylation is 1. The van der Waals surface area contributed by atoms with Crippen LogP contribution in [-0.2, 0) is 17.8 Å². The number of carbonyl (C=O) groups excluding carboxylic acids is 1. The topological polar surface area (TPSA) is 80.5 Å². The van der Waals surface area contributed by atoms with Crippen LogP contribution < -0.4 is 10.1 Å². The van der Waals surface area contributed by atoms with Crippen molar-refractivity contribution >= 4 is 21.8 Å². The number of aromatic nitrogens is 2. The predicted molar refractivity (Wildman–Crippen MR) is 139 cm³/mol.